The van der Waals surface area contributed by atoms with Gasteiger partial charge in [0.15, 0.2) is 0 Å². The maximum Gasteiger partial charge on any atom is 0.451 e. The maximum atomic E-state index is 13.8. The van der Waals surface area contributed by atoms with Crippen LogP contribution in [0.5, 0.6) is 0 Å². The van der Waals surface area contributed by atoms with Crippen LogP contribution in [0.1, 0.15) is 26.1 Å². The number of halogens is 4. The van der Waals surface area contributed by atoms with Gasteiger partial charge in [-0.15, -0.1) is 0 Å². The van der Waals surface area contributed by atoms with Gasteiger partial charge in [-0.2, -0.15) is 13.2 Å². The molecule has 2 aromatic rings. The highest BCUT2D eigenvalue weighted by atomic mass is 19.4. The second kappa shape index (κ2) is 7.74. The molecule has 2 rings (SSSR count). The fourth-order valence-corrected chi connectivity index (χ4v) is 2.43. The molecule has 0 spiro atoms. The zero-order chi connectivity index (χ0) is 17.7. The number of fused-ring (bicyclic) bond motifs is 1. The van der Waals surface area contributed by atoms with E-state index in [2.05, 4.69) is 20.2 Å². The lowest BCUT2D eigenvalue weighted by molar-refractivity contribution is -0.144. The highest BCUT2D eigenvalue weighted by Gasteiger charge is 2.35. The molecule has 0 aliphatic heterocycles. The molecule has 0 bridgehead atoms. The van der Waals surface area contributed by atoms with Gasteiger partial charge in [-0.3, -0.25) is 0 Å². The van der Waals surface area contributed by atoms with Gasteiger partial charge in [0.2, 0.25) is 5.82 Å². The third-order valence-electron chi connectivity index (χ3n) is 3.77. The third kappa shape index (κ3) is 4.31. The van der Waals surface area contributed by atoms with Gasteiger partial charge in [0, 0.05) is 11.9 Å². The summed E-state index contributed by atoms with van der Waals surface area (Å²) in [5.41, 5.74) is -0.328. The predicted molar refractivity (Wildman–Crippen MR) is 85.4 cm³/mol. The smallest absolute Gasteiger partial charge is 0.369 e. The van der Waals surface area contributed by atoms with Gasteiger partial charge in [0.05, 0.1) is 0 Å². The molecule has 0 radical (unpaired) electrons. The fraction of sp³-hybridized carbons (Fsp3) is 0.500. The van der Waals surface area contributed by atoms with E-state index in [0.29, 0.717) is 6.54 Å². The molecule has 1 aromatic carbocycles. The molecule has 1 heterocycles. The minimum atomic E-state index is -4.73. The molecule has 1 N–H and O–H groups in total. The summed E-state index contributed by atoms with van der Waals surface area (Å²) in [6, 6.07) is 4.01. The van der Waals surface area contributed by atoms with Crippen LogP contribution in [-0.4, -0.2) is 41.0 Å². The summed E-state index contributed by atoms with van der Waals surface area (Å²) in [7, 11) is 0. The molecule has 0 atom stereocenters. The van der Waals surface area contributed by atoms with Crippen LogP contribution in [0.25, 0.3) is 10.9 Å². The van der Waals surface area contributed by atoms with Crippen LogP contribution in [0.2, 0.25) is 0 Å². The Morgan fingerprint density at radius 3 is 2.46 bits per heavy atom. The van der Waals surface area contributed by atoms with E-state index in [0.717, 1.165) is 32.1 Å². The van der Waals surface area contributed by atoms with E-state index >= 15 is 0 Å². The average molecular weight is 344 g/mol. The molecular weight excluding hydrogens is 324 g/mol. The van der Waals surface area contributed by atoms with Crippen LogP contribution in [-0.2, 0) is 6.18 Å². The molecule has 0 amide bonds. The van der Waals surface area contributed by atoms with Crippen molar-refractivity contribution in [2.75, 3.05) is 31.5 Å². The monoisotopic (exact) mass is 344 g/mol. The number of nitrogens with one attached hydrogen (secondary N) is 1. The summed E-state index contributed by atoms with van der Waals surface area (Å²) in [6.07, 6.45) is -3.99. The third-order valence-corrected chi connectivity index (χ3v) is 3.77. The number of aromatic nitrogens is 2. The largest absolute Gasteiger partial charge is 0.451 e. The summed E-state index contributed by atoms with van der Waals surface area (Å²) >= 11 is 0. The van der Waals surface area contributed by atoms with Gasteiger partial charge in [-0.05, 0) is 38.2 Å². The SMILES string of the molecule is CCN(CC)CCCNc1nc(C(F)(F)F)nc2c(F)cccc12. The Bertz CT molecular complexity index is 684. The first-order chi connectivity index (χ1) is 11.4. The van der Waals surface area contributed by atoms with Gasteiger partial charge in [-0.25, -0.2) is 14.4 Å². The lowest BCUT2D eigenvalue weighted by atomic mass is 10.2. The molecule has 0 unspecified atom stereocenters. The van der Waals surface area contributed by atoms with Gasteiger partial charge < -0.3 is 10.2 Å². The molecule has 0 saturated carbocycles. The first-order valence-electron chi connectivity index (χ1n) is 7.86. The quantitative estimate of drug-likeness (QED) is 0.610. The van der Waals surface area contributed by atoms with Crippen molar-refractivity contribution in [1.29, 1.82) is 0 Å². The van der Waals surface area contributed by atoms with Gasteiger partial charge >= 0.3 is 6.18 Å². The van der Waals surface area contributed by atoms with Crippen molar-refractivity contribution in [2.24, 2.45) is 0 Å². The maximum absolute atomic E-state index is 13.8. The number of anilines is 1. The number of alkyl halides is 3. The number of rotatable bonds is 7. The molecule has 0 aliphatic carbocycles. The highest BCUT2D eigenvalue weighted by Crippen LogP contribution is 2.31. The normalized spacial score (nSPS) is 12.1. The number of hydrogen-bond acceptors (Lipinski definition) is 4. The molecular formula is C16H20F4N4. The number of hydrogen-bond donors (Lipinski definition) is 1. The summed E-state index contributed by atoms with van der Waals surface area (Å²) in [4.78, 5) is 9.08. The molecule has 0 fully saturated rings. The highest BCUT2D eigenvalue weighted by molar-refractivity contribution is 5.89. The minimum absolute atomic E-state index is 0.00590. The summed E-state index contributed by atoms with van der Waals surface area (Å²) in [6.45, 7) is 7.19. The zero-order valence-electron chi connectivity index (χ0n) is 13.6. The molecule has 0 aliphatic rings. The van der Waals surface area contributed by atoms with E-state index in [1.54, 1.807) is 0 Å². The number of nitrogens with zero attached hydrogens (tertiary/aromatic N) is 3. The molecule has 24 heavy (non-hydrogen) atoms. The van der Waals surface area contributed by atoms with Crippen molar-refractivity contribution < 1.29 is 17.6 Å². The van der Waals surface area contributed by atoms with Crippen molar-refractivity contribution in [3.63, 3.8) is 0 Å². The summed E-state index contributed by atoms with van der Waals surface area (Å²) in [5.74, 6) is -2.13. The fourth-order valence-electron chi connectivity index (χ4n) is 2.43. The minimum Gasteiger partial charge on any atom is -0.369 e. The molecule has 1 aromatic heterocycles. The predicted octanol–water partition coefficient (Wildman–Crippen LogP) is 3.93. The average Bonchev–Trinajstić information content (AvgIpc) is 2.54. The van der Waals surface area contributed by atoms with Crippen molar-refractivity contribution in [3.8, 4) is 0 Å². The lowest BCUT2D eigenvalue weighted by Gasteiger charge is -2.18. The van der Waals surface area contributed by atoms with Crippen LogP contribution >= 0.6 is 0 Å². The summed E-state index contributed by atoms with van der Waals surface area (Å²) in [5, 5.41) is 3.13. The topological polar surface area (TPSA) is 41.0 Å². The van der Waals surface area contributed by atoms with Crippen LogP contribution in [0, 0.1) is 5.82 Å². The van der Waals surface area contributed by atoms with E-state index in [1.165, 1.54) is 12.1 Å². The van der Waals surface area contributed by atoms with Gasteiger partial charge in [0.1, 0.15) is 17.2 Å². The Morgan fingerprint density at radius 2 is 1.83 bits per heavy atom. The molecule has 8 heteroatoms. The van der Waals surface area contributed by atoms with E-state index in [-0.39, 0.29) is 16.7 Å². The van der Waals surface area contributed by atoms with Crippen LogP contribution in [0.3, 0.4) is 0 Å². The Morgan fingerprint density at radius 1 is 1.12 bits per heavy atom. The zero-order valence-corrected chi connectivity index (χ0v) is 13.6. The summed E-state index contributed by atoms with van der Waals surface area (Å²) < 4.78 is 52.6. The van der Waals surface area contributed by atoms with E-state index < -0.39 is 17.8 Å². The Labute approximate surface area is 137 Å². The van der Waals surface area contributed by atoms with E-state index in [1.807, 2.05) is 13.8 Å². The lowest BCUT2D eigenvalue weighted by Crippen LogP contribution is -2.25. The Kier molecular flexibility index (Phi) is 5.93. The van der Waals surface area contributed by atoms with Crippen LogP contribution < -0.4 is 5.32 Å². The Hall–Kier alpha value is -1.96. The van der Waals surface area contributed by atoms with Crippen molar-refractivity contribution in [2.45, 2.75) is 26.4 Å². The molecule has 0 saturated heterocycles. The second-order valence-electron chi connectivity index (χ2n) is 5.34. The first kappa shape index (κ1) is 18.4. The first-order valence-corrected chi connectivity index (χ1v) is 7.86. The second-order valence-corrected chi connectivity index (χ2v) is 5.34. The Balaban J connectivity index is 2.23. The van der Waals surface area contributed by atoms with E-state index in [9.17, 15) is 17.6 Å². The van der Waals surface area contributed by atoms with Crippen LogP contribution in [0.4, 0.5) is 23.4 Å². The van der Waals surface area contributed by atoms with Gasteiger partial charge in [-0.1, -0.05) is 19.9 Å². The van der Waals surface area contributed by atoms with Gasteiger partial charge in [0.25, 0.3) is 0 Å². The number of benzene rings is 1. The van der Waals surface area contributed by atoms with Crippen LogP contribution in [0.15, 0.2) is 18.2 Å². The van der Waals surface area contributed by atoms with Crippen molar-refractivity contribution in [1.82, 2.24) is 14.9 Å². The van der Waals surface area contributed by atoms with Crippen molar-refractivity contribution in [3.05, 3.63) is 29.8 Å². The van der Waals surface area contributed by atoms with Crippen molar-refractivity contribution >= 4 is 16.7 Å². The van der Waals surface area contributed by atoms with E-state index in [4.69, 9.17) is 0 Å². The molecule has 4 nitrogen and oxygen atoms in total. The standard InChI is InChI=1S/C16H20F4N4/c1-3-24(4-2)10-6-9-21-14-11-7-5-8-12(17)13(11)22-15(23-14)16(18,19)20/h5,7-8H,3-4,6,9-10H2,1-2H3,(H,21,22,23). The number of para-hydroxylation sites is 1. The molecule has 132 valence electrons.